The molecule has 0 fully saturated rings. The van der Waals surface area contributed by atoms with E-state index in [0.29, 0.717) is 5.75 Å². The maximum absolute atomic E-state index is 9.55. The number of nitrogens with zero attached hydrogens (tertiary/aromatic N) is 1. The zero-order valence-corrected chi connectivity index (χ0v) is 11.8. The predicted molar refractivity (Wildman–Crippen MR) is 75.4 cm³/mol. The van der Waals surface area contributed by atoms with Crippen LogP contribution in [0.15, 0.2) is 18.2 Å². The number of phenolic OH excluding ortho intramolecular Hbond substituents is 1. The number of ether oxygens (including phenoxy) is 1. The Bertz CT molecular complexity index is 346. The summed E-state index contributed by atoms with van der Waals surface area (Å²) in [6.07, 6.45) is 3.38. The highest BCUT2D eigenvalue weighted by atomic mass is 16.5. The van der Waals surface area contributed by atoms with Gasteiger partial charge >= 0.3 is 0 Å². The summed E-state index contributed by atoms with van der Waals surface area (Å²) >= 11 is 0. The van der Waals surface area contributed by atoms with Crippen LogP contribution in [0.5, 0.6) is 11.5 Å². The minimum Gasteiger partial charge on any atom is -0.504 e. The van der Waals surface area contributed by atoms with Gasteiger partial charge in [0.15, 0.2) is 11.5 Å². The van der Waals surface area contributed by atoms with Gasteiger partial charge in [0.1, 0.15) is 0 Å². The summed E-state index contributed by atoms with van der Waals surface area (Å²) in [7, 11) is 1.58. The van der Waals surface area contributed by atoms with Crippen molar-refractivity contribution in [1.29, 1.82) is 0 Å². The summed E-state index contributed by atoms with van der Waals surface area (Å²) < 4.78 is 5.12. The molecule has 0 saturated heterocycles. The lowest BCUT2D eigenvalue weighted by molar-refractivity contribution is 0.278. The molecule has 3 nitrogen and oxygen atoms in total. The predicted octanol–water partition coefficient (Wildman–Crippen LogP) is 3.07. The smallest absolute Gasteiger partial charge is 0.160 e. The number of hydrogen-bond donors (Lipinski definition) is 1. The van der Waals surface area contributed by atoms with E-state index in [4.69, 9.17) is 4.74 Å². The quantitative estimate of drug-likeness (QED) is 0.770. The lowest BCUT2D eigenvalue weighted by Crippen LogP contribution is -2.27. The first kappa shape index (κ1) is 14.8. The molecule has 0 spiro atoms. The van der Waals surface area contributed by atoms with Gasteiger partial charge in [-0.1, -0.05) is 19.9 Å². The third-order valence-electron chi connectivity index (χ3n) is 3.04. The number of methoxy groups -OCH3 is 1. The van der Waals surface area contributed by atoms with E-state index in [1.165, 1.54) is 18.4 Å². The summed E-state index contributed by atoms with van der Waals surface area (Å²) in [5, 5.41) is 9.55. The van der Waals surface area contributed by atoms with Gasteiger partial charge in [-0.25, -0.2) is 0 Å². The van der Waals surface area contributed by atoms with Crippen molar-refractivity contribution in [2.24, 2.45) is 0 Å². The van der Waals surface area contributed by atoms with Crippen molar-refractivity contribution < 1.29 is 9.84 Å². The molecule has 0 bridgehead atoms. The first-order valence-electron chi connectivity index (χ1n) is 6.79. The largest absolute Gasteiger partial charge is 0.504 e. The van der Waals surface area contributed by atoms with Crippen molar-refractivity contribution in [3.63, 3.8) is 0 Å². The number of benzene rings is 1. The molecular formula is C15H25NO2. The Morgan fingerprint density at radius 3 is 2.33 bits per heavy atom. The second-order valence-electron chi connectivity index (χ2n) is 4.60. The summed E-state index contributed by atoms with van der Waals surface area (Å²) in [6, 6.07) is 5.59. The Morgan fingerprint density at radius 1 is 1.11 bits per heavy atom. The van der Waals surface area contributed by atoms with Crippen LogP contribution in [-0.2, 0) is 6.42 Å². The van der Waals surface area contributed by atoms with Gasteiger partial charge in [-0.05, 0) is 50.0 Å². The van der Waals surface area contributed by atoms with E-state index in [2.05, 4.69) is 18.7 Å². The average Bonchev–Trinajstić information content (AvgIpc) is 2.38. The number of aromatic hydroxyl groups is 1. The third-order valence-corrected chi connectivity index (χ3v) is 3.04. The van der Waals surface area contributed by atoms with Gasteiger partial charge in [-0.3, -0.25) is 0 Å². The van der Waals surface area contributed by atoms with Crippen LogP contribution in [0.1, 0.15) is 32.3 Å². The van der Waals surface area contributed by atoms with Gasteiger partial charge in [-0.15, -0.1) is 0 Å². The van der Waals surface area contributed by atoms with Crippen molar-refractivity contribution in [3.8, 4) is 11.5 Å². The zero-order chi connectivity index (χ0) is 13.4. The fraction of sp³-hybridized carbons (Fsp3) is 0.600. The molecule has 0 saturated carbocycles. The number of phenols is 1. The Labute approximate surface area is 110 Å². The molecule has 0 atom stereocenters. The molecule has 1 aromatic carbocycles. The molecule has 18 heavy (non-hydrogen) atoms. The van der Waals surface area contributed by atoms with Gasteiger partial charge in [-0.2, -0.15) is 0 Å². The topological polar surface area (TPSA) is 32.7 Å². The zero-order valence-electron chi connectivity index (χ0n) is 11.8. The molecule has 102 valence electrons. The number of hydrogen-bond acceptors (Lipinski definition) is 3. The van der Waals surface area contributed by atoms with Gasteiger partial charge in [0.2, 0.25) is 0 Å². The lowest BCUT2D eigenvalue weighted by Gasteiger charge is -2.20. The third kappa shape index (κ3) is 4.57. The van der Waals surface area contributed by atoms with Gasteiger partial charge < -0.3 is 14.7 Å². The summed E-state index contributed by atoms with van der Waals surface area (Å²) in [5.41, 5.74) is 1.21. The van der Waals surface area contributed by atoms with E-state index in [1.54, 1.807) is 13.2 Å². The summed E-state index contributed by atoms with van der Waals surface area (Å²) in [5.74, 6) is 0.769. The molecule has 3 heteroatoms. The van der Waals surface area contributed by atoms with E-state index < -0.39 is 0 Å². The average molecular weight is 251 g/mol. The van der Waals surface area contributed by atoms with Crippen molar-refractivity contribution in [2.45, 2.75) is 33.1 Å². The molecule has 0 aliphatic heterocycles. The fourth-order valence-corrected chi connectivity index (χ4v) is 2.13. The van der Waals surface area contributed by atoms with E-state index in [9.17, 15) is 5.11 Å². The van der Waals surface area contributed by atoms with Crippen LogP contribution in [0.2, 0.25) is 0 Å². The molecule has 1 aromatic rings. The maximum Gasteiger partial charge on any atom is 0.160 e. The molecule has 0 unspecified atom stereocenters. The van der Waals surface area contributed by atoms with Crippen LogP contribution < -0.4 is 4.74 Å². The second-order valence-corrected chi connectivity index (χ2v) is 4.60. The molecule has 0 amide bonds. The summed E-state index contributed by atoms with van der Waals surface area (Å²) in [6.45, 7) is 7.81. The van der Waals surface area contributed by atoms with Crippen LogP contribution in [0.4, 0.5) is 0 Å². The second kappa shape index (κ2) is 7.98. The monoisotopic (exact) mass is 251 g/mol. The molecule has 0 aromatic heterocycles. The molecular weight excluding hydrogens is 226 g/mol. The highest BCUT2D eigenvalue weighted by Crippen LogP contribution is 2.26. The Morgan fingerprint density at radius 2 is 1.78 bits per heavy atom. The first-order valence-corrected chi connectivity index (χ1v) is 6.79. The summed E-state index contributed by atoms with van der Waals surface area (Å²) in [4.78, 5) is 2.49. The molecule has 0 aliphatic carbocycles. The molecule has 1 rings (SSSR count). The van der Waals surface area contributed by atoms with Crippen molar-refractivity contribution in [2.75, 3.05) is 26.7 Å². The Kier molecular flexibility index (Phi) is 6.58. The van der Waals surface area contributed by atoms with Crippen LogP contribution in [-0.4, -0.2) is 36.8 Å². The minimum atomic E-state index is 0.209. The standard InChI is InChI=1S/C15H25NO2/c1-4-9-16(10-5-2)11-8-13-6-7-14(17)15(12-13)18-3/h6-7,12,17H,4-5,8-11H2,1-3H3. The van der Waals surface area contributed by atoms with E-state index >= 15 is 0 Å². The van der Waals surface area contributed by atoms with E-state index in [1.807, 2.05) is 12.1 Å². The minimum absolute atomic E-state index is 0.209. The molecule has 0 aliphatic rings. The van der Waals surface area contributed by atoms with E-state index in [0.717, 1.165) is 26.1 Å². The molecule has 0 radical (unpaired) electrons. The van der Waals surface area contributed by atoms with Crippen LogP contribution in [0, 0.1) is 0 Å². The Hall–Kier alpha value is -1.22. The van der Waals surface area contributed by atoms with Crippen LogP contribution in [0.25, 0.3) is 0 Å². The van der Waals surface area contributed by atoms with Crippen molar-refractivity contribution in [1.82, 2.24) is 4.90 Å². The fourth-order valence-electron chi connectivity index (χ4n) is 2.13. The highest BCUT2D eigenvalue weighted by Gasteiger charge is 2.06. The van der Waals surface area contributed by atoms with Crippen molar-refractivity contribution in [3.05, 3.63) is 23.8 Å². The van der Waals surface area contributed by atoms with Gasteiger partial charge in [0.25, 0.3) is 0 Å². The molecule has 1 N–H and O–H groups in total. The molecule has 0 heterocycles. The first-order chi connectivity index (χ1) is 8.71. The number of rotatable bonds is 8. The SMILES string of the molecule is CCCN(CCC)CCc1ccc(O)c(OC)c1. The van der Waals surface area contributed by atoms with Crippen LogP contribution in [0.3, 0.4) is 0 Å². The van der Waals surface area contributed by atoms with Crippen LogP contribution >= 0.6 is 0 Å². The van der Waals surface area contributed by atoms with E-state index in [-0.39, 0.29) is 5.75 Å². The van der Waals surface area contributed by atoms with Gasteiger partial charge in [0, 0.05) is 6.54 Å². The highest BCUT2D eigenvalue weighted by molar-refractivity contribution is 5.41. The Balaban J connectivity index is 2.55. The van der Waals surface area contributed by atoms with Crippen molar-refractivity contribution >= 4 is 0 Å². The maximum atomic E-state index is 9.55. The lowest BCUT2D eigenvalue weighted by atomic mass is 10.1. The normalized spacial score (nSPS) is 10.9. The van der Waals surface area contributed by atoms with Gasteiger partial charge in [0.05, 0.1) is 7.11 Å².